The third kappa shape index (κ3) is 3.40. The fourth-order valence-corrected chi connectivity index (χ4v) is 4.78. The Morgan fingerprint density at radius 1 is 0.700 bits per heavy atom. The maximum atomic E-state index is 11.7. The first-order valence-electron chi connectivity index (χ1n) is 8.81. The Hall–Kier alpha value is -0.0400. The normalized spacial score (nSPS) is 14.1. The van der Waals surface area contributed by atoms with E-state index in [-0.39, 0.29) is 17.3 Å². The summed E-state index contributed by atoms with van der Waals surface area (Å²) < 4.78 is 0. The number of hydrogen-bond acceptors (Lipinski definition) is 1. The van der Waals surface area contributed by atoms with Crippen molar-refractivity contribution in [3.05, 3.63) is 0 Å². The lowest BCUT2D eigenvalue weighted by molar-refractivity contribution is -0.195. The first-order valence-corrected chi connectivity index (χ1v) is 8.81. The minimum Gasteiger partial charge on any atom is -0.389 e. The second kappa shape index (κ2) is 7.82. The van der Waals surface area contributed by atoms with Crippen LogP contribution in [0.3, 0.4) is 0 Å². The molecule has 0 unspecified atom stereocenters. The van der Waals surface area contributed by atoms with Gasteiger partial charge >= 0.3 is 0 Å². The third-order valence-electron chi connectivity index (χ3n) is 5.76. The number of unbranched alkanes of at least 4 members (excludes halogenated alkanes) is 2. The van der Waals surface area contributed by atoms with Crippen molar-refractivity contribution in [1.29, 1.82) is 0 Å². The van der Waals surface area contributed by atoms with Gasteiger partial charge in [0.2, 0.25) is 0 Å². The van der Waals surface area contributed by atoms with Crippen LogP contribution in [-0.4, -0.2) is 10.7 Å². The Morgan fingerprint density at radius 2 is 1.10 bits per heavy atom. The van der Waals surface area contributed by atoms with Crippen molar-refractivity contribution < 1.29 is 5.11 Å². The number of rotatable bonds is 9. The van der Waals surface area contributed by atoms with Crippen LogP contribution in [0, 0.1) is 29.1 Å². The Labute approximate surface area is 128 Å². The summed E-state index contributed by atoms with van der Waals surface area (Å²) in [7, 11) is 0. The molecule has 20 heavy (non-hydrogen) atoms. The Balaban J connectivity index is 5.79. The fraction of sp³-hybridized carbons (Fsp3) is 1.00. The average Bonchev–Trinajstić information content (AvgIpc) is 2.32. The fourth-order valence-electron chi connectivity index (χ4n) is 4.78. The van der Waals surface area contributed by atoms with Crippen LogP contribution in [0.1, 0.15) is 88.0 Å². The zero-order valence-corrected chi connectivity index (χ0v) is 15.6. The highest BCUT2D eigenvalue weighted by molar-refractivity contribution is 5.05. The largest absolute Gasteiger partial charge is 0.389 e. The molecule has 0 aromatic carbocycles. The molecule has 0 bridgehead atoms. The zero-order chi connectivity index (χ0) is 16.1. The Kier molecular flexibility index (Phi) is 7.81. The lowest BCUT2D eigenvalue weighted by atomic mass is 9.50. The molecule has 0 saturated carbocycles. The van der Waals surface area contributed by atoms with E-state index in [1.54, 1.807) is 0 Å². The van der Waals surface area contributed by atoms with Gasteiger partial charge in [0, 0.05) is 5.41 Å². The monoisotopic (exact) mass is 284 g/mol. The molecule has 0 radical (unpaired) electrons. The topological polar surface area (TPSA) is 20.2 Å². The van der Waals surface area contributed by atoms with Gasteiger partial charge in [0.1, 0.15) is 0 Å². The molecule has 0 aliphatic carbocycles. The minimum absolute atomic E-state index is 0.00447. The molecule has 0 saturated heterocycles. The van der Waals surface area contributed by atoms with Gasteiger partial charge in [0.05, 0.1) is 5.60 Å². The van der Waals surface area contributed by atoms with Crippen LogP contribution in [0.2, 0.25) is 0 Å². The van der Waals surface area contributed by atoms with Gasteiger partial charge in [0.15, 0.2) is 0 Å². The van der Waals surface area contributed by atoms with Crippen molar-refractivity contribution in [2.45, 2.75) is 93.6 Å². The molecule has 0 heterocycles. The summed E-state index contributed by atoms with van der Waals surface area (Å²) in [6, 6.07) is 0. The number of aliphatic hydroxyl groups is 1. The van der Waals surface area contributed by atoms with E-state index in [9.17, 15) is 5.11 Å². The molecule has 1 nitrogen and oxygen atoms in total. The first kappa shape index (κ1) is 20.0. The molecule has 0 rings (SSSR count). The van der Waals surface area contributed by atoms with E-state index in [0.29, 0.717) is 11.8 Å². The van der Waals surface area contributed by atoms with Gasteiger partial charge in [-0.15, -0.1) is 0 Å². The lowest BCUT2D eigenvalue weighted by Gasteiger charge is -2.57. The zero-order valence-electron chi connectivity index (χ0n) is 15.6. The van der Waals surface area contributed by atoms with Crippen LogP contribution in [0.15, 0.2) is 0 Å². The summed E-state index contributed by atoms with van der Waals surface area (Å²) in [6.07, 6.45) is 4.89. The predicted molar refractivity (Wildman–Crippen MR) is 90.9 cm³/mol. The SMILES string of the molecule is CCCCCC(C(C)C)(C(C)C)C(O)(C(C)C)C(C)C. The molecule has 0 spiro atoms. The van der Waals surface area contributed by atoms with E-state index in [1.165, 1.54) is 19.3 Å². The molecule has 0 aliphatic rings. The second-order valence-electron chi connectivity index (χ2n) is 7.94. The highest BCUT2D eigenvalue weighted by atomic mass is 16.3. The average molecular weight is 285 g/mol. The van der Waals surface area contributed by atoms with Crippen molar-refractivity contribution >= 4 is 0 Å². The quantitative estimate of drug-likeness (QED) is 0.522. The molecule has 0 aliphatic heterocycles. The van der Waals surface area contributed by atoms with E-state index in [4.69, 9.17) is 0 Å². The van der Waals surface area contributed by atoms with Gasteiger partial charge in [0.25, 0.3) is 0 Å². The third-order valence-corrected chi connectivity index (χ3v) is 5.76. The molecular formula is C19H40O. The molecule has 122 valence electrons. The van der Waals surface area contributed by atoms with Crippen LogP contribution < -0.4 is 0 Å². The molecule has 0 amide bonds. The molecule has 0 aromatic rings. The van der Waals surface area contributed by atoms with E-state index >= 15 is 0 Å². The van der Waals surface area contributed by atoms with Gasteiger partial charge in [-0.3, -0.25) is 0 Å². The second-order valence-corrected chi connectivity index (χ2v) is 7.94. The predicted octanol–water partition coefficient (Wildman–Crippen LogP) is 5.91. The van der Waals surface area contributed by atoms with E-state index < -0.39 is 5.60 Å². The summed E-state index contributed by atoms with van der Waals surface area (Å²) >= 11 is 0. The van der Waals surface area contributed by atoms with Crippen LogP contribution in [-0.2, 0) is 0 Å². The van der Waals surface area contributed by atoms with E-state index in [0.717, 1.165) is 6.42 Å². The molecule has 0 aromatic heterocycles. The Morgan fingerprint density at radius 3 is 1.35 bits per heavy atom. The molecule has 0 fully saturated rings. The van der Waals surface area contributed by atoms with Crippen LogP contribution in [0.4, 0.5) is 0 Å². The minimum atomic E-state index is -0.594. The van der Waals surface area contributed by atoms with Gasteiger partial charge < -0.3 is 5.11 Å². The van der Waals surface area contributed by atoms with Crippen molar-refractivity contribution in [1.82, 2.24) is 0 Å². The van der Waals surface area contributed by atoms with Crippen LogP contribution in [0.5, 0.6) is 0 Å². The Bertz CT molecular complexity index is 247. The summed E-state index contributed by atoms with van der Waals surface area (Å²) in [6.45, 7) is 20.3. The van der Waals surface area contributed by atoms with Crippen molar-refractivity contribution in [3.63, 3.8) is 0 Å². The summed E-state index contributed by atoms with van der Waals surface area (Å²) in [5, 5.41) is 11.7. The van der Waals surface area contributed by atoms with Crippen molar-refractivity contribution in [3.8, 4) is 0 Å². The van der Waals surface area contributed by atoms with E-state index in [1.807, 2.05) is 0 Å². The van der Waals surface area contributed by atoms with Gasteiger partial charge in [-0.1, -0.05) is 81.6 Å². The smallest absolute Gasteiger partial charge is 0.0754 e. The van der Waals surface area contributed by atoms with Crippen molar-refractivity contribution in [2.75, 3.05) is 0 Å². The molecular weight excluding hydrogens is 244 g/mol. The summed E-state index contributed by atoms with van der Waals surface area (Å²) in [5.41, 5.74) is -0.590. The molecule has 1 N–H and O–H groups in total. The van der Waals surface area contributed by atoms with Crippen LogP contribution >= 0.6 is 0 Å². The maximum absolute atomic E-state index is 11.7. The maximum Gasteiger partial charge on any atom is 0.0754 e. The van der Waals surface area contributed by atoms with Gasteiger partial charge in [-0.25, -0.2) is 0 Å². The highest BCUT2D eigenvalue weighted by Gasteiger charge is 2.56. The molecule has 0 atom stereocenters. The highest BCUT2D eigenvalue weighted by Crippen LogP contribution is 2.55. The van der Waals surface area contributed by atoms with Crippen molar-refractivity contribution in [2.24, 2.45) is 29.1 Å². The van der Waals surface area contributed by atoms with Crippen LogP contribution in [0.25, 0.3) is 0 Å². The number of hydrogen-bond donors (Lipinski definition) is 1. The summed E-state index contributed by atoms with van der Waals surface area (Å²) in [4.78, 5) is 0. The first-order chi connectivity index (χ1) is 9.08. The van der Waals surface area contributed by atoms with E-state index in [2.05, 4.69) is 62.3 Å². The van der Waals surface area contributed by atoms with Gasteiger partial charge in [-0.2, -0.15) is 0 Å². The lowest BCUT2D eigenvalue weighted by Crippen LogP contribution is -2.60. The molecule has 1 heteroatoms. The standard InChI is InChI=1S/C19H40O/c1-10-11-12-13-18(14(2)3,15(4)5)19(20,16(6)7)17(8)9/h14-17,20H,10-13H2,1-9H3. The summed E-state index contributed by atoms with van der Waals surface area (Å²) in [5.74, 6) is 1.56. The van der Waals surface area contributed by atoms with Gasteiger partial charge in [-0.05, 0) is 30.1 Å².